The van der Waals surface area contributed by atoms with Crippen LogP contribution in [0.2, 0.25) is 0 Å². The van der Waals surface area contributed by atoms with Gasteiger partial charge in [-0.2, -0.15) is 0 Å². The van der Waals surface area contributed by atoms with Crippen molar-refractivity contribution in [3.8, 4) is 0 Å². The smallest absolute Gasteiger partial charge is 0.320 e. The highest BCUT2D eigenvalue weighted by Gasteiger charge is 2.57. The largest absolute Gasteiger partial charge is 0.396 e. The number of amides is 2. The number of fused-ring (bicyclic) bond motifs is 4. The van der Waals surface area contributed by atoms with Crippen molar-refractivity contribution in [2.24, 2.45) is 11.3 Å². The van der Waals surface area contributed by atoms with Crippen molar-refractivity contribution in [3.05, 3.63) is 35.4 Å². The Labute approximate surface area is 157 Å². The van der Waals surface area contributed by atoms with Crippen LogP contribution in [0.5, 0.6) is 0 Å². The van der Waals surface area contributed by atoms with E-state index in [1.54, 1.807) is 0 Å². The number of urea groups is 1. The number of carbonyl (C=O) groups excluding carboxylic acids is 1. The van der Waals surface area contributed by atoms with Crippen LogP contribution in [-0.2, 0) is 11.8 Å². The lowest BCUT2D eigenvalue weighted by atomic mass is 9.51. The fourth-order valence-corrected chi connectivity index (χ4v) is 5.67. The van der Waals surface area contributed by atoms with Gasteiger partial charge >= 0.3 is 6.03 Å². The Morgan fingerprint density at radius 2 is 2.00 bits per heavy atom. The third-order valence-electron chi connectivity index (χ3n) is 7.80. The molecule has 26 heavy (non-hydrogen) atoms. The molecule has 2 heterocycles. The zero-order valence-corrected chi connectivity index (χ0v) is 16.4. The van der Waals surface area contributed by atoms with Crippen LogP contribution in [0.4, 0.5) is 4.79 Å². The zero-order chi connectivity index (χ0) is 18.5. The monoisotopic (exact) mass is 356 g/mol. The molecule has 2 bridgehead atoms. The minimum atomic E-state index is 0.0431. The molecule has 2 fully saturated rings. The fraction of sp³-hybridized carbons (Fsp3) is 0.682. The van der Waals surface area contributed by atoms with Crippen LogP contribution < -0.4 is 0 Å². The molecule has 1 aliphatic carbocycles. The molecule has 142 valence electrons. The van der Waals surface area contributed by atoms with Gasteiger partial charge in [0.15, 0.2) is 0 Å². The summed E-state index contributed by atoms with van der Waals surface area (Å²) in [6, 6.07) is 9.23. The Morgan fingerprint density at radius 1 is 1.23 bits per heavy atom. The molecule has 1 N–H and O–H groups in total. The van der Waals surface area contributed by atoms with Gasteiger partial charge in [0.25, 0.3) is 0 Å². The number of benzene rings is 1. The van der Waals surface area contributed by atoms with E-state index in [0.717, 1.165) is 38.8 Å². The number of likely N-dealkylation sites (tertiary alicyclic amines) is 2. The van der Waals surface area contributed by atoms with Crippen LogP contribution in [0.15, 0.2) is 24.3 Å². The van der Waals surface area contributed by atoms with Crippen LogP contribution in [0.1, 0.15) is 51.2 Å². The third-order valence-corrected chi connectivity index (χ3v) is 7.80. The summed E-state index contributed by atoms with van der Waals surface area (Å²) in [4.78, 5) is 17.5. The van der Waals surface area contributed by atoms with Gasteiger partial charge in [-0.25, -0.2) is 4.79 Å². The normalized spacial score (nSPS) is 32.9. The Kier molecular flexibility index (Phi) is 4.30. The van der Waals surface area contributed by atoms with Crippen LogP contribution in [0.25, 0.3) is 0 Å². The number of hydrogen-bond acceptors (Lipinski definition) is 2. The standard InChI is InChI=1S/C22H32N2O2/c1-21(2)19-13-17-8-4-5-9-18(17)22(21,3)10-12-24(19)20(26)23-11-6-7-16(14-23)15-25/h4-5,8-9,16,19,25H,6-7,10-15H2,1-3H3/t16-,19+,22-/m0/s1. The SMILES string of the molecule is CC1(C)[C@H]2Cc3ccccc3[C@]1(C)CCN2C(=O)N1CCC[C@H](CO)C1. The van der Waals surface area contributed by atoms with Gasteiger partial charge in [-0.05, 0) is 48.1 Å². The first-order valence-corrected chi connectivity index (χ1v) is 10.1. The molecule has 2 saturated heterocycles. The predicted octanol–water partition coefficient (Wildman–Crippen LogP) is 3.43. The Morgan fingerprint density at radius 3 is 2.77 bits per heavy atom. The number of piperidine rings is 2. The predicted molar refractivity (Wildman–Crippen MR) is 103 cm³/mol. The van der Waals surface area contributed by atoms with E-state index in [0.29, 0.717) is 6.54 Å². The Balaban J connectivity index is 1.64. The van der Waals surface area contributed by atoms with E-state index < -0.39 is 0 Å². The van der Waals surface area contributed by atoms with Crippen molar-refractivity contribution >= 4 is 6.03 Å². The summed E-state index contributed by atoms with van der Waals surface area (Å²) in [7, 11) is 0. The first-order valence-electron chi connectivity index (χ1n) is 10.1. The number of rotatable bonds is 1. The molecule has 0 spiro atoms. The van der Waals surface area contributed by atoms with Gasteiger partial charge in [0, 0.05) is 37.7 Å². The molecule has 0 radical (unpaired) electrons. The van der Waals surface area contributed by atoms with E-state index in [2.05, 4.69) is 49.9 Å². The van der Waals surface area contributed by atoms with Gasteiger partial charge in [-0.1, -0.05) is 45.0 Å². The van der Waals surface area contributed by atoms with Gasteiger partial charge in [0.05, 0.1) is 0 Å². The van der Waals surface area contributed by atoms with E-state index in [-0.39, 0.29) is 35.4 Å². The molecular formula is C22H32N2O2. The molecular weight excluding hydrogens is 324 g/mol. The van der Waals surface area contributed by atoms with Crippen LogP contribution >= 0.6 is 0 Å². The minimum Gasteiger partial charge on any atom is -0.396 e. The first-order chi connectivity index (χ1) is 12.4. The van der Waals surface area contributed by atoms with Crippen molar-refractivity contribution in [2.45, 2.75) is 57.9 Å². The summed E-state index contributed by atoms with van der Waals surface area (Å²) in [6.07, 6.45) is 3.98. The second-order valence-electron chi connectivity index (χ2n) is 9.29. The summed E-state index contributed by atoms with van der Waals surface area (Å²) in [5.74, 6) is 0.239. The maximum atomic E-state index is 13.4. The quantitative estimate of drug-likeness (QED) is 0.838. The van der Waals surface area contributed by atoms with Gasteiger partial charge in [0.1, 0.15) is 0 Å². The van der Waals surface area contributed by atoms with Crippen molar-refractivity contribution in [3.63, 3.8) is 0 Å². The zero-order valence-electron chi connectivity index (χ0n) is 16.4. The van der Waals surface area contributed by atoms with E-state index in [1.807, 2.05) is 4.90 Å². The Bertz CT molecular complexity index is 701. The summed E-state index contributed by atoms with van der Waals surface area (Å²) in [5, 5.41) is 9.52. The average Bonchev–Trinajstić information content (AvgIpc) is 2.64. The van der Waals surface area contributed by atoms with Gasteiger partial charge in [0.2, 0.25) is 0 Å². The number of nitrogens with zero attached hydrogens (tertiary/aromatic N) is 2. The average molecular weight is 357 g/mol. The third kappa shape index (κ3) is 2.49. The summed E-state index contributed by atoms with van der Waals surface area (Å²) in [5.41, 5.74) is 3.04. The molecule has 2 amide bonds. The molecule has 0 unspecified atom stereocenters. The van der Waals surface area contributed by atoms with E-state index in [4.69, 9.17) is 0 Å². The molecule has 4 rings (SSSR count). The molecule has 0 aromatic heterocycles. The van der Waals surface area contributed by atoms with Crippen molar-refractivity contribution in [1.29, 1.82) is 0 Å². The topological polar surface area (TPSA) is 43.8 Å². The molecule has 4 nitrogen and oxygen atoms in total. The van der Waals surface area contributed by atoms with Crippen LogP contribution in [0, 0.1) is 11.3 Å². The maximum Gasteiger partial charge on any atom is 0.320 e. The summed E-state index contributed by atoms with van der Waals surface area (Å²) in [6.45, 7) is 9.63. The summed E-state index contributed by atoms with van der Waals surface area (Å²) >= 11 is 0. The first kappa shape index (κ1) is 17.8. The lowest BCUT2D eigenvalue weighted by Crippen LogP contribution is -2.66. The molecule has 3 atom stereocenters. The highest BCUT2D eigenvalue weighted by molar-refractivity contribution is 5.75. The van der Waals surface area contributed by atoms with E-state index in [9.17, 15) is 9.90 Å². The second kappa shape index (κ2) is 6.26. The van der Waals surface area contributed by atoms with Crippen LogP contribution in [0.3, 0.4) is 0 Å². The van der Waals surface area contributed by atoms with Gasteiger partial charge in [-0.3, -0.25) is 0 Å². The lowest BCUT2D eigenvalue weighted by Gasteiger charge is -2.61. The molecule has 3 aliphatic rings. The Hall–Kier alpha value is -1.55. The number of hydrogen-bond donors (Lipinski definition) is 1. The van der Waals surface area contributed by atoms with Gasteiger partial charge < -0.3 is 14.9 Å². The van der Waals surface area contributed by atoms with Crippen LogP contribution in [-0.4, -0.2) is 53.2 Å². The van der Waals surface area contributed by atoms with Crippen molar-refractivity contribution < 1.29 is 9.90 Å². The molecule has 1 aromatic rings. The van der Waals surface area contributed by atoms with Gasteiger partial charge in [-0.15, -0.1) is 0 Å². The summed E-state index contributed by atoms with van der Waals surface area (Å²) < 4.78 is 0. The number of aliphatic hydroxyl groups is 1. The van der Waals surface area contributed by atoms with Crippen molar-refractivity contribution in [2.75, 3.05) is 26.2 Å². The fourth-order valence-electron chi connectivity index (χ4n) is 5.67. The highest BCUT2D eigenvalue weighted by atomic mass is 16.3. The van der Waals surface area contributed by atoms with Crippen molar-refractivity contribution in [1.82, 2.24) is 9.80 Å². The lowest BCUT2D eigenvalue weighted by molar-refractivity contribution is -0.0262. The molecule has 4 heteroatoms. The molecule has 1 aromatic carbocycles. The minimum absolute atomic E-state index is 0.0431. The molecule has 0 saturated carbocycles. The maximum absolute atomic E-state index is 13.4. The number of carbonyl (C=O) groups is 1. The van der Waals surface area contributed by atoms with E-state index in [1.165, 1.54) is 11.1 Å². The highest BCUT2D eigenvalue weighted by Crippen LogP contribution is 2.56. The molecule has 2 aliphatic heterocycles. The van der Waals surface area contributed by atoms with E-state index >= 15 is 0 Å². The second-order valence-corrected chi connectivity index (χ2v) is 9.29. The number of aliphatic hydroxyl groups excluding tert-OH is 1.